The Morgan fingerprint density at radius 1 is 1.43 bits per heavy atom. The van der Waals surface area contributed by atoms with E-state index in [0.717, 1.165) is 18.0 Å². The van der Waals surface area contributed by atoms with E-state index in [1.165, 1.54) is 22.6 Å². The average Bonchev–Trinajstić information content (AvgIpc) is 2.92. The van der Waals surface area contributed by atoms with Crippen LogP contribution in [-0.4, -0.2) is 9.55 Å². The van der Waals surface area contributed by atoms with Crippen LogP contribution in [0.5, 0.6) is 0 Å². The Hall–Kier alpha value is -1.13. The van der Waals surface area contributed by atoms with Gasteiger partial charge in [0.1, 0.15) is 0 Å². The first kappa shape index (κ1) is 14.8. The number of fused-ring (bicyclic) bond motifs is 1. The minimum atomic E-state index is 0.147. The zero-order valence-electron chi connectivity index (χ0n) is 13.6. The van der Waals surface area contributed by atoms with E-state index in [4.69, 9.17) is 10.7 Å². The lowest BCUT2D eigenvalue weighted by molar-refractivity contribution is 0.278. The summed E-state index contributed by atoms with van der Waals surface area (Å²) in [5.74, 6) is 0.473. The Balaban J connectivity index is 2.11. The summed E-state index contributed by atoms with van der Waals surface area (Å²) in [6.45, 7) is 11.2. The Labute approximate surface area is 131 Å². The molecule has 0 saturated heterocycles. The second-order valence-electron chi connectivity index (χ2n) is 7.38. The number of hydrogen-bond acceptors (Lipinski definition) is 3. The standard InChI is InChI=1S/C17H25N3S/c1-10(2)14-9-21-16(19-14)20-11(3)6-12-13(18)7-17(4,5)8-15(12)20/h6,9-10,13H,7-8,18H2,1-5H3. The first-order chi connectivity index (χ1) is 9.78. The molecule has 4 heteroatoms. The van der Waals surface area contributed by atoms with Gasteiger partial charge in [0.2, 0.25) is 0 Å². The van der Waals surface area contributed by atoms with Crippen molar-refractivity contribution in [2.24, 2.45) is 11.1 Å². The second-order valence-corrected chi connectivity index (χ2v) is 8.22. The van der Waals surface area contributed by atoms with E-state index in [1.54, 1.807) is 11.3 Å². The van der Waals surface area contributed by atoms with Gasteiger partial charge in [0.25, 0.3) is 0 Å². The molecule has 0 fully saturated rings. The highest BCUT2D eigenvalue weighted by Crippen LogP contribution is 2.42. The molecule has 0 spiro atoms. The van der Waals surface area contributed by atoms with E-state index in [0.29, 0.717) is 5.92 Å². The summed E-state index contributed by atoms with van der Waals surface area (Å²) in [7, 11) is 0. The maximum absolute atomic E-state index is 6.41. The number of hydrogen-bond donors (Lipinski definition) is 1. The topological polar surface area (TPSA) is 43.8 Å². The molecule has 1 atom stereocenters. The van der Waals surface area contributed by atoms with Crippen LogP contribution in [0.3, 0.4) is 0 Å². The zero-order chi connectivity index (χ0) is 15.4. The molecule has 0 bridgehead atoms. The molecular weight excluding hydrogens is 278 g/mol. The molecule has 1 aliphatic rings. The molecule has 2 aromatic heterocycles. The van der Waals surface area contributed by atoms with Crippen LogP contribution in [0.15, 0.2) is 11.4 Å². The van der Waals surface area contributed by atoms with Crippen molar-refractivity contribution in [2.45, 2.75) is 59.4 Å². The Kier molecular flexibility index (Phi) is 3.49. The third-order valence-electron chi connectivity index (χ3n) is 4.43. The van der Waals surface area contributed by atoms with Gasteiger partial charge in [0.15, 0.2) is 5.13 Å². The van der Waals surface area contributed by atoms with Crippen LogP contribution in [0, 0.1) is 12.3 Å². The van der Waals surface area contributed by atoms with E-state index < -0.39 is 0 Å². The highest BCUT2D eigenvalue weighted by atomic mass is 32.1. The summed E-state index contributed by atoms with van der Waals surface area (Å²) in [5.41, 5.74) is 11.8. The number of aromatic nitrogens is 2. The molecule has 1 unspecified atom stereocenters. The predicted octanol–water partition coefficient (Wildman–Crippen LogP) is 4.34. The van der Waals surface area contributed by atoms with Gasteiger partial charge in [0, 0.05) is 22.8 Å². The summed E-state index contributed by atoms with van der Waals surface area (Å²) in [6.07, 6.45) is 2.12. The maximum atomic E-state index is 6.41. The van der Waals surface area contributed by atoms with Gasteiger partial charge in [-0.05, 0) is 42.7 Å². The Morgan fingerprint density at radius 3 is 2.76 bits per heavy atom. The molecule has 3 nitrogen and oxygen atoms in total. The predicted molar refractivity (Wildman–Crippen MR) is 89.3 cm³/mol. The van der Waals surface area contributed by atoms with Crippen molar-refractivity contribution in [3.05, 3.63) is 34.1 Å². The van der Waals surface area contributed by atoms with Crippen LogP contribution >= 0.6 is 11.3 Å². The Morgan fingerprint density at radius 2 is 2.14 bits per heavy atom. The highest BCUT2D eigenvalue weighted by molar-refractivity contribution is 7.12. The lowest BCUT2D eigenvalue weighted by Crippen LogP contribution is -2.30. The lowest BCUT2D eigenvalue weighted by atomic mass is 9.74. The highest BCUT2D eigenvalue weighted by Gasteiger charge is 2.34. The van der Waals surface area contributed by atoms with Crippen molar-refractivity contribution in [1.82, 2.24) is 9.55 Å². The number of nitrogens with two attached hydrogens (primary N) is 1. The van der Waals surface area contributed by atoms with Gasteiger partial charge in [-0.3, -0.25) is 4.57 Å². The number of aryl methyl sites for hydroxylation is 1. The monoisotopic (exact) mass is 303 g/mol. The molecule has 21 heavy (non-hydrogen) atoms. The molecule has 2 N–H and O–H groups in total. The van der Waals surface area contributed by atoms with Gasteiger partial charge in [-0.15, -0.1) is 11.3 Å². The summed E-state index contributed by atoms with van der Waals surface area (Å²) in [5, 5.41) is 3.27. The zero-order valence-corrected chi connectivity index (χ0v) is 14.4. The molecule has 1 aliphatic carbocycles. The van der Waals surface area contributed by atoms with Gasteiger partial charge < -0.3 is 5.73 Å². The van der Waals surface area contributed by atoms with E-state index in [-0.39, 0.29) is 11.5 Å². The van der Waals surface area contributed by atoms with Crippen LogP contribution in [0.1, 0.15) is 68.7 Å². The molecule has 2 aromatic rings. The SMILES string of the molecule is Cc1cc2c(n1-c1nc(C(C)C)cs1)CC(C)(C)CC2N. The molecule has 3 rings (SSSR count). The molecule has 0 aromatic carbocycles. The molecule has 0 radical (unpaired) electrons. The number of rotatable bonds is 2. The third kappa shape index (κ3) is 2.55. The first-order valence-electron chi connectivity index (χ1n) is 7.71. The summed E-state index contributed by atoms with van der Waals surface area (Å²) in [4.78, 5) is 4.83. The van der Waals surface area contributed by atoms with Crippen LogP contribution in [0.2, 0.25) is 0 Å². The Bertz CT molecular complexity index is 664. The molecule has 2 heterocycles. The van der Waals surface area contributed by atoms with Crippen LogP contribution in [0.25, 0.3) is 5.13 Å². The van der Waals surface area contributed by atoms with E-state index >= 15 is 0 Å². The maximum Gasteiger partial charge on any atom is 0.194 e. The summed E-state index contributed by atoms with van der Waals surface area (Å²) >= 11 is 1.73. The molecule has 114 valence electrons. The second kappa shape index (κ2) is 4.96. The van der Waals surface area contributed by atoms with Crippen molar-refractivity contribution in [1.29, 1.82) is 0 Å². The normalized spacial score (nSPS) is 20.8. The van der Waals surface area contributed by atoms with E-state index in [2.05, 4.69) is 50.6 Å². The van der Waals surface area contributed by atoms with Crippen molar-refractivity contribution in [3.8, 4) is 5.13 Å². The number of nitrogens with zero attached hydrogens (tertiary/aromatic N) is 2. The van der Waals surface area contributed by atoms with Crippen molar-refractivity contribution >= 4 is 11.3 Å². The van der Waals surface area contributed by atoms with Crippen molar-refractivity contribution in [2.75, 3.05) is 0 Å². The van der Waals surface area contributed by atoms with Crippen molar-refractivity contribution in [3.63, 3.8) is 0 Å². The van der Waals surface area contributed by atoms with Crippen molar-refractivity contribution < 1.29 is 0 Å². The van der Waals surface area contributed by atoms with Gasteiger partial charge in [-0.2, -0.15) is 0 Å². The van der Waals surface area contributed by atoms with E-state index in [9.17, 15) is 0 Å². The number of thiazole rings is 1. The molecular formula is C17H25N3S. The van der Waals surface area contributed by atoms with Gasteiger partial charge in [0.05, 0.1) is 5.69 Å². The average molecular weight is 303 g/mol. The fourth-order valence-electron chi connectivity index (χ4n) is 3.36. The smallest absolute Gasteiger partial charge is 0.194 e. The minimum absolute atomic E-state index is 0.147. The summed E-state index contributed by atoms with van der Waals surface area (Å²) in [6, 6.07) is 2.40. The largest absolute Gasteiger partial charge is 0.324 e. The molecule has 0 aliphatic heterocycles. The molecule has 0 saturated carbocycles. The van der Waals surface area contributed by atoms with Gasteiger partial charge in [-0.1, -0.05) is 27.7 Å². The first-order valence-corrected chi connectivity index (χ1v) is 8.59. The van der Waals surface area contributed by atoms with Gasteiger partial charge >= 0.3 is 0 Å². The molecule has 0 amide bonds. The lowest BCUT2D eigenvalue weighted by Gasteiger charge is -2.34. The van der Waals surface area contributed by atoms with Crippen LogP contribution < -0.4 is 5.73 Å². The van der Waals surface area contributed by atoms with Crippen LogP contribution in [0.4, 0.5) is 0 Å². The van der Waals surface area contributed by atoms with E-state index in [1.807, 2.05) is 0 Å². The van der Waals surface area contributed by atoms with Crippen LogP contribution in [-0.2, 0) is 6.42 Å². The minimum Gasteiger partial charge on any atom is -0.324 e. The quantitative estimate of drug-likeness (QED) is 0.897. The van der Waals surface area contributed by atoms with Gasteiger partial charge in [-0.25, -0.2) is 4.98 Å². The third-order valence-corrected chi connectivity index (χ3v) is 5.27. The fourth-order valence-corrected chi connectivity index (χ4v) is 4.43. The fraction of sp³-hybridized carbons (Fsp3) is 0.588. The summed E-state index contributed by atoms with van der Waals surface area (Å²) < 4.78 is 2.33.